The predicted octanol–water partition coefficient (Wildman–Crippen LogP) is 1.66. The van der Waals surface area contributed by atoms with Crippen LogP contribution in [0.1, 0.15) is 31.9 Å². The summed E-state index contributed by atoms with van der Waals surface area (Å²) in [5.74, 6) is 1.13. The average molecular weight is 416 g/mol. The second-order valence-corrected chi connectivity index (χ2v) is 10.2. The number of aryl methyl sites for hydroxylation is 1. The van der Waals surface area contributed by atoms with Gasteiger partial charge in [-0.15, -0.1) is 0 Å². The second-order valence-electron chi connectivity index (χ2n) is 8.78. The van der Waals surface area contributed by atoms with Crippen LogP contribution in [0.5, 0.6) is 0 Å². The third-order valence-electron chi connectivity index (χ3n) is 6.52. The Kier molecular flexibility index (Phi) is 5.11. The summed E-state index contributed by atoms with van der Waals surface area (Å²) in [6.07, 6.45) is 6.54. The van der Waals surface area contributed by atoms with E-state index in [0.717, 1.165) is 12.1 Å². The average Bonchev–Trinajstić information content (AvgIpc) is 3.13. The van der Waals surface area contributed by atoms with Crippen molar-refractivity contribution in [2.24, 2.45) is 18.7 Å². The van der Waals surface area contributed by atoms with E-state index in [4.69, 9.17) is 5.73 Å². The molecule has 1 saturated heterocycles. The van der Waals surface area contributed by atoms with Gasteiger partial charge in [0.05, 0.1) is 11.6 Å². The van der Waals surface area contributed by atoms with Gasteiger partial charge in [-0.1, -0.05) is 0 Å². The standard InChI is InChI=1S/C21H29N5O2S/c1-21(2,29-4)17(22)20(28)25-10-13-9-14(12-25)16-6-5-15(19(27)26(16)11-13)18-23-7-8-24(18)3/h5-8,13-14,17H,9-12,22H2,1-4H3/t13-,14+,17+/m0/s1. The minimum Gasteiger partial charge on any atom is -0.340 e. The minimum atomic E-state index is -0.538. The van der Waals surface area contributed by atoms with Crippen molar-refractivity contribution < 1.29 is 4.79 Å². The number of likely N-dealkylation sites (tertiary alicyclic amines) is 1. The molecular weight excluding hydrogens is 386 g/mol. The lowest BCUT2D eigenvalue weighted by Gasteiger charge is -2.44. The molecule has 7 nitrogen and oxygen atoms in total. The summed E-state index contributed by atoms with van der Waals surface area (Å²) in [5.41, 5.74) is 7.96. The Morgan fingerprint density at radius 2 is 2.07 bits per heavy atom. The van der Waals surface area contributed by atoms with Crippen molar-refractivity contribution >= 4 is 17.7 Å². The second kappa shape index (κ2) is 7.32. The van der Waals surface area contributed by atoms with Crippen LogP contribution in [0.3, 0.4) is 0 Å². The summed E-state index contributed by atoms with van der Waals surface area (Å²) in [6.45, 7) is 5.94. The number of carbonyl (C=O) groups excluding carboxylic acids is 1. The molecule has 29 heavy (non-hydrogen) atoms. The quantitative estimate of drug-likeness (QED) is 0.821. The van der Waals surface area contributed by atoms with E-state index in [9.17, 15) is 9.59 Å². The Bertz CT molecular complexity index is 995. The van der Waals surface area contributed by atoms with Crippen molar-refractivity contribution in [2.75, 3.05) is 19.3 Å². The number of hydrogen-bond acceptors (Lipinski definition) is 5. The van der Waals surface area contributed by atoms with Crippen LogP contribution in [0.4, 0.5) is 0 Å². The Morgan fingerprint density at radius 3 is 2.72 bits per heavy atom. The zero-order valence-corrected chi connectivity index (χ0v) is 18.3. The van der Waals surface area contributed by atoms with Crippen LogP contribution >= 0.6 is 11.8 Å². The van der Waals surface area contributed by atoms with Crippen LogP contribution in [0.15, 0.2) is 29.3 Å². The number of aromatic nitrogens is 3. The molecule has 1 amide bonds. The van der Waals surface area contributed by atoms with Crippen LogP contribution < -0.4 is 11.3 Å². The highest BCUT2D eigenvalue weighted by atomic mass is 32.2. The van der Waals surface area contributed by atoms with Gasteiger partial charge in [-0.2, -0.15) is 11.8 Å². The van der Waals surface area contributed by atoms with Gasteiger partial charge in [0.2, 0.25) is 5.91 Å². The largest absolute Gasteiger partial charge is 0.340 e. The van der Waals surface area contributed by atoms with E-state index in [1.54, 1.807) is 18.0 Å². The Morgan fingerprint density at radius 1 is 1.31 bits per heavy atom. The van der Waals surface area contributed by atoms with Gasteiger partial charge in [0, 0.05) is 55.4 Å². The van der Waals surface area contributed by atoms with Gasteiger partial charge in [-0.25, -0.2) is 4.98 Å². The number of pyridine rings is 1. The van der Waals surface area contributed by atoms with Gasteiger partial charge in [0.25, 0.3) is 5.56 Å². The first-order chi connectivity index (χ1) is 13.7. The van der Waals surface area contributed by atoms with Crippen molar-refractivity contribution in [3.8, 4) is 11.4 Å². The van der Waals surface area contributed by atoms with Crippen molar-refractivity contribution in [2.45, 2.75) is 43.5 Å². The maximum Gasteiger partial charge on any atom is 0.261 e. The Balaban J connectivity index is 1.63. The van der Waals surface area contributed by atoms with Crippen molar-refractivity contribution in [1.82, 2.24) is 19.0 Å². The Hall–Kier alpha value is -2.06. The molecule has 4 heterocycles. The number of amides is 1. The van der Waals surface area contributed by atoms with E-state index < -0.39 is 6.04 Å². The number of imidazole rings is 1. The number of fused-ring (bicyclic) bond motifs is 4. The summed E-state index contributed by atoms with van der Waals surface area (Å²) in [7, 11) is 1.89. The lowest BCUT2D eigenvalue weighted by atomic mass is 9.82. The molecule has 2 aliphatic heterocycles. The van der Waals surface area contributed by atoms with Crippen LogP contribution in [-0.2, 0) is 18.4 Å². The van der Waals surface area contributed by atoms with Gasteiger partial charge < -0.3 is 19.8 Å². The summed E-state index contributed by atoms with van der Waals surface area (Å²) in [5, 5.41) is 0. The molecule has 0 saturated carbocycles. The summed E-state index contributed by atoms with van der Waals surface area (Å²) in [6, 6.07) is 3.37. The van der Waals surface area contributed by atoms with E-state index in [-0.39, 0.29) is 28.0 Å². The zero-order valence-electron chi connectivity index (χ0n) is 17.5. The maximum absolute atomic E-state index is 13.2. The maximum atomic E-state index is 13.2. The number of nitrogens with zero attached hydrogens (tertiary/aromatic N) is 4. The summed E-state index contributed by atoms with van der Waals surface area (Å²) < 4.78 is 3.45. The van der Waals surface area contributed by atoms with E-state index in [1.165, 1.54) is 0 Å². The minimum absolute atomic E-state index is 0.00601. The zero-order chi connectivity index (χ0) is 20.9. The van der Waals surface area contributed by atoms with E-state index >= 15 is 0 Å². The van der Waals surface area contributed by atoms with Gasteiger partial charge in [-0.05, 0) is 44.6 Å². The molecular formula is C21H29N5O2S. The molecule has 156 valence electrons. The molecule has 0 aromatic carbocycles. The van der Waals surface area contributed by atoms with Crippen molar-refractivity contribution in [1.29, 1.82) is 0 Å². The van der Waals surface area contributed by atoms with Gasteiger partial charge in [0.1, 0.15) is 5.82 Å². The highest BCUT2D eigenvalue weighted by Gasteiger charge is 2.41. The molecule has 2 aliphatic rings. The monoisotopic (exact) mass is 415 g/mol. The first-order valence-corrected chi connectivity index (χ1v) is 11.3. The number of piperidine rings is 1. The number of hydrogen-bond donors (Lipinski definition) is 1. The molecule has 0 unspecified atom stereocenters. The first-order valence-electron chi connectivity index (χ1n) is 10.0. The fraction of sp³-hybridized carbons (Fsp3) is 0.571. The number of nitrogens with two attached hydrogens (primary N) is 1. The SMILES string of the molecule is CSC(C)(C)[C@H](N)C(=O)N1C[C@@H]2C[C@H](C1)c1ccc(-c3nccn3C)c(=O)n1C2. The first kappa shape index (κ1) is 20.2. The molecule has 3 atom stereocenters. The molecule has 0 aliphatic carbocycles. The van der Waals surface area contributed by atoms with Crippen LogP contribution in [0, 0.1) is 5.92 Å². The lowest BCUT2D eigenvalue weighted by Crippen LogP contribution is -2.57. The number of carbonyl (C=O) groups is 1. The lowest BCUT2D eigenvalue weighted by molar-refractivity contribution is -0.135. The molecule has 1 fully saturated rings. The van der Waals surface area contributed by atoms with Crippen molar-refractivity contribution in [3.63, 3.8) is 0 Å². The van der Waals surface area contributed by atoms with Gasteiger partial charge >= 0.3 is 0 Å². The number of thioether (sulfide) groups is 1. The number of rotatable bonds is 4. The fourth-order valence-electron chi connectivity index (χ4n) is 4.54. The summed E-state index contributed by atoms with van der Waals surface area (Å²) >= 11 is 1.61. The molecule has 0 radical (unpaired) electrons. The van der Waals surface area contributed by atoms with Gasteiger partial charge in [-0.3, -0.25) is 9.59 Å². The van der Waals surface area contributed by atoms with Crippen LogP contribution in [-0.4, -0.2) is 55.1 Å². The summed E-state index contributed by atoms with van der Waals surface area (Å²) in [4.78, 5) is 32.5. The van der Waals surface area contributed by atoms with Crippen LogP contribution in [0.2, 0.25) is 0 Å². The normalized spacial score (nSPS) is 22.3. The third kappa shape index (κ3) is 3.42. The van der Waals surface area contributed by atoms with Crippen molar-refractivity contribution in [3.05, 3.63) is 40.6 Å². The van der Waals surface area contributed by atoms with Crippen LogP contribution in [0.25, 0.3) is 11.4 Å². The van der Waals surface area contributed by atoms with E-state index in [2.05, 4.69) is 4.98 Å². The highest BCUT2D eigenvalue weighted by molar-refractivity contribution is 8.00. The molecule has 8 heteroatoms. The molecule has 2 aromatic rings. The predicted molar refractivity (Wildman–Crippen MR) is 116 cm³/mol. The molecule has 2 bridgehead atoms. The topological polar surface area (TPSA) is 86.2 Å². The van der Waals surface area contributed by atoms with Gasteiger partial charge in [0.15, 0.2) is 0 Å². The molecule has 0 spiro atoms. The van der Waals surface area contributed by atoms with E-state index in [0.29, 0.717) is 31.0 Å². The Labute approximate surface area is 175 Å². The third-order valence-corrected chi connectivity index (χ3v) is 7.83. The molecule has 4 rings (SSSR count). The smallest absolute Gasteiger partial charge is 0.261 e. The fourth-order valence-corrected chi connectivity index (χ4v) is 4.90. The molecule has 2 N–H and O–H groups in total. The molecule has 2 aromatic heterocycles. The highest BCUT2D eigenvalue weighted by Crippen LogP contribution is 2.36. The van der Waals surface area contributed by atoms with E-state index in [1.807, 2.05) is 59.5 Å².